The van der Waals surface area contributed by atoms with Gasteiger partial charge in [-0.2, -0.15) is 11.8 Å². The largest absolute Gasteiger partial charge is 0.353 e. The van der Waals surface area contributed by atoms with Gasteiger partial charge in [0.05, 0.1) is 6.61 Å². The van der Waals surface area contributed by atoms with Crippen molar-refractivity contribution in [3.63, 3.8) is 0 Å². The van der Waals surface area contributed by atoms with E-state index in [-0.39, 0.29) is 6.29 Å². The number of ether oxygens (including phenoxy) is 2. The van der Waals surface area contributed by atoms with E-state index in [1.54, 1.807) is 0 Å². The lowest BCUT2D eigenvalue weighted by molar-refractivity contribution is -0.162. The monoisotopic (exact) mass is 188 g/mol. The fourth-order valence-corrected chi connectivity index (χ4v) is 1.97. The zero-order valence-corrected chi connectivity index (χ0v) is 8.15. The molecule has 2 fully saturated rings. The minimum absolute atomic E-state index is 0.113. The summed E-state index contributed by atoms with van der Waals surface area (Å²) in [6.45, 7) is 1.78. The van der Waals surface area contributed by atoms with Gasteiger partial charge in [0.25, 0.3) is 0 Å². The Labute approximate surface area is 78.0 Å². The molecule has 70 valence electrons. The Hall–Kier alpha value is 0.270. The molecule has 0 spiro atoms. The maximum Gasteiger partial charge on any atom is 0.157 e. The van der Waals surface area contributed by atoms with E-state index < -0.39 is 0 Å². The van der Waals surface area contributed by atoms with Crippen LogP contribution in [0.25, 0.3) is 0 Å². The zero-order chi connectivity index (χ0) is 8.23. The fourth-order valence-electron chi connectivity index (χ4n) is 1.41. The summed E-state index contributed by atoms with van der Waals surface area (Å²) in [6, 6.07) is 0. The van der Waals surface area contributed by atoms with Crippen molar-refractivity contribution in [1.29, 1.82) is 0 Å². The summed E-state index contributed by atoms with van der Waals surface area (Å²) < 4.78 is 11.0. The van der Waals surface area contributed by atoms with Crippen molar-refractivity contribution in [3.05, 3.63) is 0 Å². The summed E-state index contributed by atoms with van der Waals surface area (Å²) in [7, 11) is 0. The van der Waals surface area contributed by atoms with Crippen molar-refractivity contribution in [2.75, 3.05) is 19.0 Å². The number of hydrogen-bond donors (Lipinski definition) is 0. The molecule has 0 aromatic heterocycles. The van der Waals surface area contributed by atoms with Gasteiger partial charge in [-0.25, -0.2) is 0 Å². The molecule has 0 amide bonds. The molecule has 0 aliphatic carbocycles. The summed E-state index contributed by atoms with van der Waals surface area (Å²) >= 11 is 2.03. The van der Waals surface area contributed by atoms with E-state index in [1.165, 1.54) is 25.0 Å². The Morgan fingerprint density at radius 1 is 1.42 bits per heavy atom. The van der Waals surface area contributed by atoms with E-state index >= 15 is 0 Å². The van der Waals surface area contributed by atoms with Crippen LogP contribution in [0.2, 0.25) is 0 Å². The highest BCUT2D eigenvalue weighted by molar-refractivity contribution is 8.06. The highest BCUT2D eigenvalue weighted by atomic mass is 32.2. The molecular formula is C9H16O2S. The SMILES string of the molecule is C1CCC(OCCC2CS2)OC1. The van der Waals surface area contributed by atoms with Crippen molar-refractivity contribution in [2.24, 2.45) is 0 Å². The molecule has 0 saturated carbocycles. The maximum atomic E-state index is 5.60. The van der Waals surface area contributed by atoms with E-state index in [1.807, 2.05) is 11.8 Å². The van der Waals surface area contributed by atoms with Crippen LogP contribution in [-0.2, 0) is 9.47 Å². The van der Waals surface area contributed by atoms with Crippen molar-refractivity contribution < 1.29 is 9.47 Å². The Kier molecular flexibility index (Phi) is 3.31. The predicted octanol–water partition coefficient (Wildman–Crippen LogP) is 2.04. The van der Waals surface area contributed by atoms with Crippen LogP contribution in [0.3, 0.4) is 0 Å². The van der Waals surface area contributed by atoms with Gasteiger partial charge in [0.1, 0.15) is 0 Å². The van der Waals surface area contributed by atoms with Gasteiger partial charge >= 0.3 is 0 Å². The molecule has 0 bridgehead atoms. The lowest BCUT2D eigenvalue weighted by Gasteiger charge is -2.22. The van der Waals surface area contributed by atoms with Crippen LogP contribution in [0.15, 0.2) is 0 Å². The normalized spacial score (nSPS) is 35.0. The third kappa shape index (κ3) is 2.96. The van der Waals surface area contributed by atoms with Crippen LogP contribution in [-0.4, -0.2) is 30.5 Å². The summed E-state index contributed by atoms with van der Waals surface area (Å²) in [4.78, 5) is 0. The minimum Gasteiger partial charge on any atom is -0.353 e. The first kappa shape index (κ1) is 8.85. The molecule has 0 aromatic carbocycles. The van der Waals surface area contributed by atoms with Crippen molar-refractivity contribution in [2.45, 2.75) is 37.2 Å². The highest BCUT2D eigenvalue weighted by Gasteiger charge is 2.22. The number of rotatable bonds is 4. The Morgan fingerprint density at radius 3 is 3.00 bits per heavy atom. The molecule has 2 aliphatic rings. The quantitative estimate of drug-likeness (QED) is 0.629. The van der Waals surface area contributed by atoms with Gasteiger partial charge in [-0.05, 0) is 25.7 Å². The average molecular weight is 188 g/mol. The third-order valence-corrected chi connectivity index (χ3v) is 3.32. The molecular weight excluding hydrogens is 172 g/mol. The second-order valence-electron chi connectivity index (χ2n) is 3.41. The van der Waals surface area contributed by atoms with Gasteiger partial charge < -0.3 is 9.47 Å². The van der Waals surface area contributed by atoms with E-state index in [0.717, 1.165) is 24.9 Å². The fraction of sp³-hybridized carbons (Fsp3) is 1.00. The van der Waals surface area contributed by atoms with Gasteiger partial charge in [-0.3, -0.25) is 0 Å². The molecule has 3 heteroatoms. The van der Waals surface area contributed by atoms with Crippen molar-refractivity contribution in [1.82, 2.24) is 0 Å². The molecule has 12 heavy (non-hydrogen) atoms. The van der Waals surface area contributed by atoms with Crippen molar-refractivity contribution >= 4 is 11.8 Å². The lowest BCUT2D eigenvalue weighted by Crippen LogP contribution is -2.22. The molecule has 2 nitrogen and oxygen atoms in total. The Bertz CT molecular complexity index is 130. The predicted molar refractivity (Wildman–Crippen MR) is 50.4 cm³/mol. The number of hydrogen-bond acceptors (Lipinski definition) is 3. The molecule has 2 saturated heterocycles. The van der Waals surface area contributed by atoms with Crippen LogP contribution < -0.4 is 0 Å². The molecule has 2 atom stereocenters. The second kappa shape index (κ2) is 4.49. The first-order valence-electron chi connectivity index (χ1n) is 4.80. The standard InChI is InChI=1S/C9H16O2S/c1-2-5-10-9(3-1)11-6-4-8-7-12-8/h8-9H,1-7H2. The molecule has 2 aliphatic heterocycles. The molecule has 0 aromatic rings. The van der Waals surface area contributed by atoms with Crippen LogP contribution in [0.4, 0.5) is 0 Å². The summed E-state index contributed by atoms with van der Waals surface area (Å²) in [5, 5.41) is 0.897. The van der Waals surface area contributed by atoms with E-state index in [4.69, 9.17) is 9.47 Å². The first-order chi connectivity index (χ1) is 5.95. The maximum absolute atomic E-state index is 5.60. The van der Waals surface area contributed by atoms with Gasteiger partial charge in [-0.1, -0.05) is 0 Å². The molecule has 2 unspecified atom stereocenters. The molecule has 2 heterocycles. The van der Waals surface area contributed by atoms with E-state index in [2.05, 4.69) is 0 Å². The third-order valence-electron chi connectivity index (χ3n) is 2.28. The zero-order valence-electron chi connectivity index (χ0n) is 7.33. The van der Waals surface area contributed by atoms with E-state index in [0.29, 0.717) is 0 Å². The van der Waals surface area contributed by atoms with Gasteiger partial charge in [-0.15, -0.1) is 0 Å². The van der Waals surface area contributed by atoms with Crippen LogP contribution >= 0.6 is 11.8 Å². The van der Waals surface area contributed by atoms with Gasteiger partial charge in [0.15, 0.2) is 6.29 Å². The highest BCUT2D eigenvalue weighted by Crippen LogP contribution is 2.33. The molecule has 2 rings (SSSR count). The van der Waals surface area contributed by atoms with Crippen molar-refractivity contribution in [3.8, 4) is 0 Å². The topological polar surface area (TPSA) is 18.5 Å². The summed E-state index contributed by atoms with van der Waals surface area (Å²) in [5.41, 5.74) is 0. The van der Waals surface area contributed by atoms with Gasteiger partial charge in [0.2, 0.25) is 0 Å². The first-order valence-corrected chi connectivity index (χ1v) is 5.85. The van der Waals surface area contributed by atoms with E-state index in [9.17, 15) is 0 Å². The molecule has 0 radical (unpaired) electrons. The van der Waals surface area contributed by atoms with Crippen LogP contribution in [0.5, 0.6) is 0 Å². The minimum atomic E-state index is 0.113. The Balaban J connectivity index is 1.52. The summed E-state index contributed by atoms with van der Waals surface area (Å²) in [6.07, 6.45) is 4.89. The Morgan fingerprint density at radius 2 is 2.33 bits per heavy atom. The van der Waals surface area contributed by atoms with Crippen LogP contribution in [0.1, 0.15) is 25.7 Å². The second-order valence-corrected chi connectivity index (χ2v) is 4.74. The van der Waals surface area contributed by atoms with Gasteiger partial charge in [0, 0.05) is 17.6 Å². The smallest absolute Gasteiger partial charge is 0.157 e. The lowest BCUT2D eigenvalue weighted by atomic mass is 10.2. The number of thioether (sulfide) groups is 1. The van der Waals surface area contributed by atoms with Crippen LogP contribution in [0, 0.1) is 0 Å². The molecule has 0 N–H and O–H groups in total. The summed E-state index contributed by atoms with van der Waals surface area (Å²) in [5.74, 6) is 1.34. The average Bonchev–Trinajstić information content (AvgIpc) is 2.90.